The number of halogens is 1. The van der Waals surface area contributed by atoms with Crippen LogP contribution in [0.25, 0.3) is 0 Å². The van der Waals surface area contributed by atoms with Gasteiger partial charge >= 0.3 is 11.8 Å². The van der Waals surface area contributed by atoms with Crippen LogP contribution in [0.4, 0.5) is 5.69 Å². The number of amides is 2. The lowest BCUT2D eigenvalue weighted by molar-refractivity contribution is -0.136. The number of anilines is 1. The molecule has 0 saturated heterocycles. The summed E-state index contributed by atoms with van der Waals surface area (Å²) in [6.45, 7) is 0.477. The first-order valence-corrected chi connectivity index (χ1v) is 9.15. The van der Waals surface area contributed by atoms with Gasteiger partial charge < -0.3 is 10.1 Å². The number of para-hydroxylation sites is 1. The topological polar surface area (TPSA) is 79.8 Å². The Morgan fingerprint density at radius 3 is 2.31 bits per heavy atom. The van der Waals surface area contributed by atoms with Crippen LogP contribution in [0, 0.1) is 0 Å². The van der Waals surface area contributed by atoms with Crippen molar-refractivity contribution >= 4 is 35.3 Å². The molecule has 0 aliphatic heterocycles. The second-order valence-electron chi connectivity index (χ2n) is 5.98. The third kappa shape index (κ3) is 6.19. The molecular formula is C22H18ClN3O3. The van der Waals surface area contributed by atoms with Crippen molar-refractivity contribution in [3.8, 4) is 5.75 Å². The summed E-state index contributed by atoms with van der Waals surface area (Å²) in [7, 11) is 0. The quantitative estimate of drug-likeness (QED) is 0.368. The van der Waals surface area contributed by atoms with E-state index in [9.17, 15) is 9.59 Å². The largest absolute Gasteiger partial charge is 0.489 e. The van der Waals surface area contributed by atoms with Gasteiger partial charge in [0.2, 0.25) is 0 Å². The van der Waals surface area contributed by atoms with E-state index in [1.807, 2.05) is 30.3 Å². The molecule has 3 aromatic rings. The van der Waals surface area contributed by atoms with Crippen LogP contribution in [0.15, 0.2) is 84.0 Å². The Bertz CT molecular complexity index is 1010. The molecule has 0 atom stereocenters. The monoisotopic (exact) mass is 407 g/mol. The van der Waals surface area contributed by atoms with Crippen molar-refractivity contribution in [2.24, 2.45) is 5.10 Å². The van der Waals surface area contributed by atoms with Crippen molar-refractivity contribution < 1.29 is 14.3 Å². The average molecular weight is 408 g/mol. The zero-order valence-electron chi connectivity index (χ0n) is 15.3. The van der Waals surface area contributed by atoms with Crippen molar-refractivity contribution in [1.82, 2.24) is 5.43 Å². The first-order valence-electron chi connectivity index (χ1n) is 8.77. The van der Waals surface area contributed by atoms with E-state index >= 15 is 0 Å². The van der Waals surface area contributed by atoms with Crippen LogP contribution in [-0.4, -0.2) is 18.0 Å². The summed E-state index contributed by atoms with van der Waals surface area (Å²) >= 11 is 5.94. The fourth-order valence-corrected chi connectivity index (χ4v) is 2.53. The molecule has 2 amide bonds. The molecule has 0 fully saturated rings. The molecule has 0 aromatic heterocycles. The molecule has 0 bridgehead atoms. The Labute approximate surface area is 173 Å². The Morgan fingerprint density at radius 1 is 0.897 bits per heavy atom. The number of nitrogens with one attached hydrogen (secondary N) is 2. The Kier molecular flexibility index (Phi) is 6.97. The van der Waals surface area contributed by atoms with Crippen LogP contribution in [0.1, 0.15) is 11.1 Å². The Morgan fingerprint density at radius 2 is 1.59 bits per heavy atom. The van der Waals surface area contributed by atoms with Crippen molar-refractivity contribution in [1.29, 1.82) is 0 Å². The van der Waals surface area contributed by atoms with Crippen LogP contribution in [-0.2, 0) is 16.2 Å². The molecule has 0 spiro atoms. The molecule has 0 aliphatic rings. The van der Waals surface area contributed by atoms with E-state index in [-0.39, 0.29) is 0 Å². The van der Waals surface area contributed by atoms with Gasteiger partial charge in [0.1, 0.15) is 12.4 Å². The highest BCUT2D eigenvalue weighted by atomic mass is 35.5. The van der Waals surface area contributed by atoms with E-state index in [1.54, 1.807) is 48.5 Å². The Balaban J connectivity index is 1.47. The van der Waals surface area contributed by atoms with E-state index in [0.29, 0.717) is 23.1 Å². The molecule has 146 valence electrons. The lowest BCUT2D eigenvalue weighted by Crippen LogP contribution is -2.32. The average Bonchev–Trinajstić information content (AvgIpc) is 2.75. The van der Waals surface area contributed by atoms with E-state index in [2.05, 4.69) is 15.8 Å². The van der Waals surface area contributed by atoms with Crippen LogP contribution in [0.5, 0.6) is 5.75 Å². The normalized spacial score (nSPS) is 10.5. The molecule has 6 nitrogen and oxygen atoms in total. The number of nitrogens with zero attached hydrogens (tertiary/aromatic N) is 1. The van der Waals surface area contributed by atoms with Gasteiger partial charge in [-0.25, -0.2) is 5.43 Å². The van der Waals surface area contributed by atoms with Crippen molar-refractivity contribution in [2.45, 2.75) is 6.61 Å². The molecule has 7 heteroatoms. The SMILES string of the molecule is O=C(N/N=C/c1ccc(OCc2ccccc2)cc1)C(=O)Nc1ccccc1Cl. The van der Waals surface area contributed by atoms with Gasteiger partial charge in [0.05, 0.1) is 16.9 Å². The number of hydrazone groups is 1. The van der Waals surface area contributed by atoms with Gasteiger partial charge in [-0.15, -0.1) is 0 Å². The molecule has 0 radical (unpaired) electrons. The highest BCUT2D eigenvalue weighted by molar-refractivity contribution is 6.41. The highest BCUT2D eigenvalue weighted by Crippen LogP contribution is 2.20. The number of carbonyl (C=O) groups is 2. The number of ether oxygens (including phenoxy) is 1. The molecule has 3 aromatic carbocycles. The maximum Gasteiger partial charge on any atom is 0.329 e. The second-order valence-corrected chi connectivity index (χ2v) is 6.38. The second kappa shape index (κ2) is 10.1. The molecule has 0 aliphatic carbocycles. The third-order valence-electron chi connectivity index (χ3n) is 3.84. The predicted octanol–water partition coefficient (Wildman–Crippen LogP) is 4.01. The first-order chi connectivity index (χ1) is 14.1. The van der Waals surface area contributed by atoms with Crippen molar-refractivity contribution in [2.75, 3.05) is 5.32 Å². The number of carbonyl (C=O) groups excluding carboxylic acids is 2. The minimum atomic E-state index is -0.899. The third-order valence-corrected chi connectivity index (χ3v) is 4.17. The van der Waals surface area contributed by atoms with Crippen molar-refractivity contribution in [3.05, 3.63) is 95.0 Å². The van der Waals surface area contributed by atoms with E-state index < -0.39 is 11.8 Å². The first kappa shape index (κ1) is 20.1. The van der Waals surface area contributed by atoms with Gasteiger partial charge in [-0.2, -0.15) is 5.10 Å². The summed E-state index contributed by atoms with van der Waals surface area (Å²) in [6.07, 6.45) is 1.43. The zero-order chi connectivity index (χ0) is 20.5. The van der Waals surface area contributed by atoms with Gasteiger partial charge in [-0.1, -0.05) is 54.1 Å². The molecule has 0 saturated carbocycles. The van der Waals surface area contributed by atoms with Crippen molar-refractivity contribution in [3.63, 3.8) is 0 Å². The minimum absolute atomic E-state index is 0.340. The molecule has 0 heterocycles. The molecule has 2 N–H and O–H groups in total. The lowest BCUT2D eigenvalue weighted by atomic mass is 10.2. The smallest absolute Gasteiger partial charge is 0.329 e. The molecular weight excluding hydrogens is 390 g/mol. The molecule has 29 heavy (non-hydrogen) atoms. The minimum Gasteiger partial charge on any atom is -0.489 e. The summed E-state index contributed by atoms with van der Waals surface area (Å²) in [4.78, 5) is 23.7. The zero-order valence-corrected chi connectivity index (χ0v) is 16.1. The number of hydrogen-bond acceptors (Lipinski definition) is 4. The van der Waals surface area contributed by atoms with Gasteiger partial charge in [0.15, 0.2) is 0 Å². The van der Waals surface area contributed by atoms with Crippen LogP contribution in [0.3, 0.4) is 0 Å². The summed E-state index contributed by atoms with van der Waals surface area (Å²) in [5.41, 5.74) is 4.35. The highest BCUT2D eigenvalue weighted by Gasteiger charge is 2.14. The number of rotatable bonds is 6. The molecule has 3 rings (SSSR count). The number of hydrogen-bond donors (Lipinski definition) is 2. The van der Waals surface area contributed by atoms with E-state index in [0.717, 1.165) is 11.1 Å². The summed E-state index contributed by atoms with van der Waals surface area (Å²) < 4.78 is 5.71. The fourth-order valence-electron chi connectivity index (χ4n) is 2.35. The molecule has 0 unspecified atom stereocenters. The van der Waals surface area contributed by atoms with Crippen LogP contribution < -0.4 is 15.5 Å². The predicted molar refractivity (Wildman–Crippen MR) is 113 cm³/mol. The summed E-state index contributed by atoms with van der Waals surface area (Å²) in [6, 6.07) is 23.7. The summed E-state index contributed by atoms with van der Waals surface area (Å²) in [5, 5.41) is 6.55. The number of benzene rings is 3. The summed E-state index contributed by atoms with van der Waals surface area (Å²) in [5.74, 6) is -1.04. The van der Waals surface area contributed by atoms with Gasteiger partial charge in [-0.05, 0) is 47.5 Å². The van der Waals surface area contributed by atoms with Crippen LogP contribution >= 0.6 is 11.6 Å². The van der Waals surface area contributed by atoms with Gasteiger partial charge in [0.25, 0.3) is 0 Å². The fraction of sp³-hybridized carbons (Fsp3) is 0.0455. The maximum absolute atomic E-state index is 11.9. The van der Waals surface area contributed by atoms with E-state index in [4.69, 9.17) is 16.3 Å². The maximum atomic E-state index is 11.9. The van der Waals surface area contributed by atoms with Crippen LogP contribution in [0.2, 0.25) is 5.02 Å². The standard InChI is InChI=1S/C22H18ClN3O3/c23-19-8-4-5-9-20(19)25-21(27)22(28)26-24-14-16-10-12-18(13-11-16)29-15-17-6-2-1-3-7-17/h1-14H,15H2,(H,25,27)(H,26,28)/b24-14+. The Hall–Kier alpha value is -3.64. The van der Waals surface area contributed by atoms with Gasteiger partial charge in [-0.3, -0.25) is 9.59 Å². The lowest BCUT2D eigenvalue weighted by Gasteiger charge is -2.06. The van der Waals surface area contributed by atoms with E-state index in [1.165, 1.54) is 6.21 Å². The van der Waals surface area contributed by atoms with Gasteiger partial charge in [0, 0.05) is 0 Å².